The van der Waals surface area contributed by atoms with Gasteiger partial charge < -0.3 is 20.7 Å². The third-order valence-electron chi connectivity index (χ3n) is 5.76. The second-order valence-electron chi connectivity index (χ2n) is 7.36. The Morgan fingerprint density at radius 2 is 1.96 bits per heavy atom. The maximum Gasteiger partial charge on any atom is 0.191 e. The van der Waals surface area contributed by atoms with Crippen LogP contribution in [0.15, 0.2) is 29.4 Å². The number of aliphatic hydroxyl groups excluding tert-OH is 1. The lowest BCUT2D eigenvalue weighted by Gasteiger charge is -2.29. The first-order valence-electron chi connectivity index (χ1n) is 10.3. The molecule has 1 aromatic carbocycles. The number of nitrogens with zero attached hydrogens (tertiary/aromatic N) is 1. The Morgan fingerprint density at radius 1 is 1.19 bits per heavy atom. The van der Waals surface area contributed by atoms with Crippen LogP contribution in [0, 0.1) is 12.3 Å². The number of aromatic amines is 1. The van der Waals surface area contributed by atoms with Crippen LogP contribution >= 0.6 is 0 Å². The molecule has 0 saturated carbocycles. The summed E-state index contributed by atoms with van der Waals surface area (Å²) < 4.78 is 0. The number of benzene rings is 1. The number of fused-ring (bicyclic) bond motifs is 1. The predicted octanol–water partition coefficient (Wildman–Crippen LogP) is 3.76. The normalized spacial score (nSPS) is 12.6. The molecule has 0 atom stereocenters. The van der Waals surface area contributed by atoms with Gasteiger partial charge in [0.2, 0.25) is 0 Å². The molecule has 0 fully saturated rings. The van der Waals surface area contributed by atoms with Gasteiger partial charge in [-0.2, -0.15) is 0 Å². The number of aromatic nitrogens is 1. The Bertz CT molecular complexity index is 731. The van der Waals surface area contributed by atoms with Crippen molar-refractivity contribution in [2.24, 2.45) is 10.4 Å². The molecule has 2 aromatic rings. The molecule has 0 bridgehead atoms. The van der Waals surface area contributed by atoms with Crippen LogP contribution in [0.25, 0.3) is 10.9 Å². The zero-order chi connectivity index (χ0) is 19.7. The van der Waals surface area contributed by atoms with Gasteiger partial charge in [-0.05, 0) is 56.1 Å². The van der Waals surface area contributed by atoms with Gasteiger partial charge in [0.05, 0.1) is 0 Å². The van der Waals surface area contributed by atoms with Crippen molar-refractivity contribution >= 4 is 16.9 Å². The Hall–Kier alpha value is -2.01. The molecule has 5 nitrogen and oxygen atoms in total. The van der Waals surface area contributed by atoms with E-state index in [1.165, 1.54) is 22.0 Å². The van der Waals surface area contributed by atoms with Crippen LogP contribution in [-0.2, 0) is 6.42 Å². The lowest BCUT2D eigenvalue weighted by Crippen LogP contribution is -2.39. The van der Waals surface area contributed by atoms with Crippen LogP contribution in [0.1, 0.15) is 51.2 Å². The summed E-state index contributed by atoms with van der Waals surface area (Å²) >= 11 is 0. The number of aliphatic imine (C=N–C) groups is 1. The fourth-order valence-electron chi connectivity index (χ4n) is 3.62. The number of aliphatic hydroxyl groups is 1. The Kier molecular flexibility index (Phi) is 8.17. The minimum atomic E-state index is 0.0888. The lowest BCUT2D eigenvalue weighted by atomic mass is 9.79. The third-order valence-corrected chi connectivity index (χ3v) is 5.76. The number of para-hydroxylation sites is 1. The number of rotatable bonds is 10. The molecule has 0 spiro atoms. The number of H-pyrrole nitrogens is 1. The van der Waals surface area contributed by atoms with Gasteiger partial charge in [0.1, 0.15) is 0 Å². The van der Waals surface area contributed by atoms with Crippen LogP contribution in [0.2, 0.25) is 0 Å². The standard InChI is InChI=1S/C22H36N4O/c1-5-22(6-2,12-14-27)16-26-21(23-7-3)24-13-11-18-15-25-20-17(4)9-8-10-19(18)20/h8-10,15,25,27H,5-7,11-14,16H2,1-4H3,(H2,23,24,26). The fourth-order valence-corrected chi connectivity index (χ4v) is 3.62. The Morgan fingerprint density at radius 3 is 2.63 bits per heavy atom. The van der Waals surface area contributed by atoms with Gasteiger partial charge in [0.15, 0.2) is 5.96 Å². The molecule has 0 aliphatic rings. The molecule has 5 heteroatoms. The SMILES string of the molecule is CCNC(=NCC(CC)(CC)CCO)NCCc1c[nH]c2c(C)cccc12. The molecule has 0 unspecified atom stereocenters. The molecule has 1 aromatic heterocycles. The van der Waals surface area contributed by atoms with Crippen LogP contribution in [-0.4, -0.2) is 42.3 Å². The molecular weight excluding hydrogens is 336 g/mol. The van der Waals surface area contributed by atoms with Crippen molar-refractivity contribution in [3.8, 4) is 0 Å². The molecule has 1 heterocycles. The summed E-state index contributed by atoms with van der Waals surface area (Å²) in [5.41, 5.74) is 3.92. The minimum absolute atomic E-state index is 0.0888. The average Bonchev–Trinajstić information content (AvgIpc) is 3.09. The number of hydrogen-bond donors (Lipinski definition) is 4. The second kappa shape index (κ2) is 10.4. The van der Waals surface area contributed by atoms with Gasteiger partial charge in [-0.3, -0.25) is 4.99 Å². The maximum atomic E-state index is 9.40. The van der Waals surface area contributed by atoms with Crippen molar-refractivity contribution in [2.75, 3.05) is 26.2 Å². The third kappa shape index (κ3) is 5.48. The Labute approximate surface area is 163 Å². The summed E-state index contributed by atoms with van der Waals surface area (Å²) in [6.07, 6.45) is 5.92. The van der Waals surface area contributed by atoms with Crippen molar-refractivity contribution in [3.63, 3.8) is 0 Å². The number of nitrogens with one attached hydrogen (secondary N) is 3. The molecule has 0 aliphatic carbocycles. The average molecular weight is 373 g/mol. The molecule has 27 heavy (non-hydrogen) atoms. The molecule has 0 radical (unpaired) electrons. The van der Waals surface area contributed by atoms with Gasteiger partial charge in [-0.25, -0.2) is 0 Å². The molecule has 150 valence electrons. The highest BCUT2D eigenvalue weighted by Gasteiger charge is 2.25. The first kappa shape index (κ1) is 21.3. The molecule has 2 rings (SSSR count). The van der Waals surface area contributed by atoms with Gasteiger partial charge in [0, 0.05) is 43.3 Å². The lowest BCUT2D eigenvalue weighted by molar-refractivity contribution is 0.175. The monoisotopic (exact) mass is 372 g/mol. The molecule has 0 saturated heterocycles. The number of guanidine groups is 1. The number of aryl methyl sites for hydroxylation is 1. The van der Waals surface area contributed by atoms with Crippen LogP contribution in [0.4, 0.5) is 0 Å². The smallest absolute Gasteiger partial charge is 0.191 e. The van der Waals surface area contributed by atoms with E-state index in [0.29, 0.717) is 0 Å². The summed E-state index contributed by atoms with van der Waals surface area (Å²) in [6, 6.07) is 6.43. The summed E-state index contributed by atoms with van der Waals surface area (Å²) in [7, 11) is 0. The summed E-state index contributed by atoms with van der Waals surface area (Å²) in [4.78, 5) is 8.21. The molecule has 0 amide bonds. The van der Waals surface area contributed by atoms with E-state index in [-0.39, 0.29) is 12.0 Å². The highest BCUT2D eigenvalue weighted by atomic mass is 16.3. The molecule has 4 N–H and O–H groups in total. The molecular formula is C22H36N4O. The number of hydrogen-bond acceptors (Lipinski definition) is 2. The summed E-state index contributed by atoms with van der Waals surface area (Å²) in [5.74, 6) is 0.859. The van der Waals surface area contributed by atoms with E-state index in [1.807, 2.05) is 0 Å². The summed E-state index contributed by atoms with van der Waals surface area (Å²) in [5, 5.41) is 17.5. The van der Waals surface area contributed by atoms with E-state index in [1.54, 1.807) is 0 Å². The van der Waals surface area contributed by atoms with E-state index in [0.717, 1.165) is 51.3 Å². The first-order valence-corrected chi connectivity index (χ1v) is 10.3. The minimum Gasteiger partial charge on any atom is -0.396 e. The highest BCUT2D eigenvalue weighted by Crippen LogP contribution is 2.30. The first-order chi connectivity index (χ1) is 13.1. The topological polar surface area (TPSA) is 72.4 Å². The zero-order valence-corrected chi connectivity index (χ0v) is 17.4. The highest BCUT2D eigenvalue weighted by molar-refractivity contribution is 5.86. The van der Waals surface area contributed by atoms with Crippen molar-refractivity contribution in [2.45, 2.75) is 53.4 Å². The van der Waals surface area contributed by atoms with Gasteiger partial charge in [-0.1, -0.05) is 32.0 Å². The van der Waals surface area contributed by atoms with Gasteiger partial charge in [-0.15, -0.1) is 0 Å². The van der Waals surface area contributed by atoms with Crippen LogP contribution in [0.3, 0.4) is 0 Å². The van der Waals surface area contributed by atoms with Gasteiger partial charge >= 0.3 is 0 Å². The van der Waals surface area contributed by atoms with Crippen LogP contribution < -0.4 is 10.6 Å². The van der Waals surface area contributed by atoms with Gasteiger partial charge in [0.25, 0.3) is 0 Å². The largest absolute Gasteiger partial charge is 0.396 e. The maximum absolute atomic E-state index is 9.40. The molecule has 0 aliphatic heterocycles. The fraction of sp³-hybridized carbons (Fsp3) is 0.591. The van der Waals surface area contributed by atoms with Crippen LogP contribution in [0.5, 0.6) is 0 Å². The quantitative estimate of drug-likeness (QED) is 0.379. The van der Waals surface area contributed by atoms with Crippen molar-refractivity contribution in [1.82, 2.24) is 15.6 Å². The Balaban J connectivity index is 2.00. The van der Waals surface area contributed by atoms with E-state index in [2.05, 4.69) is 67.7 Å². The van der Waals surface area contributed by atoms with E-state index >= 15 is 0 Å². The van der Waals surface area contributed by atoms with Crippen molar-refractivity contribution in [3.05, 3.63) is 35.5 Å². The van der Waals surface area contributed by atoms with Crippen molar-refractivity contribution < 1.29 is 5.11 Å². The summed E-state index contributed by atoms with van der Waals surface area (Å²) in [6.45, 7) is 11.2. The second-order valence-corrected chi connectivity index (χ2v) is 7.36. The van der Waals surface area contributed by atoms with Crippen molar-refractivity contribution in [1.29, 1.82) is 0 Å². The van der Waals surface area contributed by atoms with E-state index < -0.39 is 0 Å². The van der Waals surface area contributed by atoms with E-state index in [9.17, 15) is 5.11 Å². The van der Waals surface area contributed by atoms with E-state index in [4.69, 9.17) is 4.99 Å². The predicted molar refractivity (Wildman–Crippen MR) is 115 cm³/mol. The zero-order valence-electron chi connectivity index (χ0n) is 17.4.